The first-order valence-electron chi connectivity index (χ1n) is 4.75. The van der Waals surface area contributed by atoms with Crippen molar-refractivity contribution in [2.45, 2.75) is 12.7 Å². The highest BCUT2D eigenvalue weighted by Gasteiger charge is 2.10. The van der Waals surface area contributed by atoms with Crippen molar-refractivity contribution in [1.82, 2.24) is 10.2 Å². The van der Waals surface area contributed by atoms with E-state index in [9.17, 15) is 4.79 Å². The molecular formula is C11H10N2O2S. The second-order valence-electron chi connectivity index (χ2n) is 3.22. The number of hydrogen-bond donors (Lipinski definition) is 0. The second kappa shape index (κ2) is 4.94. The Morgan fingerprint density at radius 1 is 1.44 bits per heavy atom. The summed E-state index contributed by atoms with van der Waals surface area (Å²) in [6, 6.07) is 7.50. The van der Waals surface area contributed by atoms with Gasteiger partial charge >= 0.3 is 0 Å². The summed E-state index contributed by atoms with van der Waals surface area (Å²) < 4.78 is 4.95. The van der Waals surface area contributed by atoms with E-state index in [1.807, 2.05) is 31.2 Å². The lowest BCUT2D eigenvalue weighted by atomic mass is 10.1. The first-order chi connectivity index (χ1) is 7.77. The van der Waals surface area contributed by atoms with Crippen molar-refractivity contribution < 1.29 is 9.21 Å². The number of aromatic nitrogens is 2. The Hall–Kier alpha value is -1.62. The van der Waals surface area contributed by atoms with E-state index in [4.69, 9.17) is 4.42 Å². The number of aryl methyl sites for hydroxylation is 1. The van der Waals surface area contributed by atoms with E-state index in [0.717, 1.165) is 11.1 Å². The Morgan fingerprint density at radius 2 is 2.25 bits per heavy atom. The predicted octanol–water partition coefficient (Wildman–Crippen LogP) is 2.45. The van der Waals surface area contributed by atoms with Gasteiger partial charge in [0.25, 0.3) is 0 Å². The lowest BCUT2D eigenvalue weighted by molar-refractivity contribution is 0.108. The molecule has 0 spiro atoms. The molecule has 5 heteroatoms. The molecule has 0 amide bonds. The SMILES string of the molecule is Cc1ccccc1C(=O)SCc1nnco1. The van der Waals surface area contributed by atoms with Crippen LogP contribution in [0.5, 0.6) is 0 Å². The summed E-state index contributed by atoms with van der Waals surface area (Å²) in [5, 5.41) is 7.29. The molecule has 0 fully saturated rings. The van der Waals surface area contributed by atoms with Crippen molar-refractivity contribution in [2.24, 2.45) is 0 Å². The Kier molecular flexibility index (Phi) is 3.36. The zero-order chi connectivity index (χ0) is 11.4. The van der Waals surface area contributed by atoms with Gasteiger partial charge in [-0.25, -0.2) is 0 Å². The van der Waals surface area contributed by atoms with E-state index < -0.39 is 0 Å². The average Bonchev–Trinajstić information content (AvgIpc) is 2.79. The maximum atomic E-state index is 11.8. The van der Waals surface area contributed by atoms with Gasteiger partial charge in [0.1, 0.15) is 0 Å². The normalized spacial score (nSPS) is 10.3. The minimum Gasteiger partial charge on any atom is -0.427 e. The first kappa shape index (κ1) is 10.9. The van der Waals surface area contributed by atoms with Crippen LogP contribution in [0, 0.1) is 6.92 Å². The summed E-state index contributed by atoms with van der Waals surface area (Å²) >= 11 is 1.17. The van der Waals surface area contributed by atoms with Gasteiger partial charge in [0.15, 0.2) is 0 Å². The number of benzene rings is 1. The molecule has 0 saturated heterocycles. The summed E-state index contributed by atoms with van der Waals surface area (Å²) in [4.78, 5) is 11.8. The number of carbonyl (C=O) groups excluding carboxylic acids is 1. The van der Waals surface area contributed by atoms with Gasteiger partial charge in [0.2, 0.25) is 17.4 Å². The zero-order valence-electron chi connectivity index (χ0n) is 8.71. The van der Waals surface area contributed by atoms with E-state index in [2.05, 4.69) is 10.2 Å². The number of thioether (sulfide) groups is 1. The van der Waals surface area contributed by atoms with Crippen LogP contribution in [0.4, 0.5) is 0 Å². The van der Waals surface area contributed by atoms with Crippen LogP contribution in [-0.4, -0.2) is 15.3 Å². The minimum absolute atomic E-state index is 0.0244. The molecule has 0 aliphatic carbocycles. The topological polar surface area (TPSA) is 56.0 Å². The van der Waals surface area contributed by atoms with Crippen molar-refractivity contribution in [3.63, 3.8) is 0 Å². The third-order valence-electron chi connectivity index (χ3n) is 2.10. The van der Waals surface area contributed by atoms with E-state index in [0.29, 0.717) is 11.6 Å². The average molecular weight is 234 g/mol. The van der Waals surface area contributed by atoms with Crippen molar-refractivity contribution >= 4 is 16.9 Å². The van der Waals surface area contributed by atoms with Gasteiger partial charge in [-0.3, -0.25) is 4.79 Å². The number of rotatable bonds is 3. The minimum atomic E-state index is 0.0244. The van der Waals surface area contributed by atoms with Crippen molar-refractivity contribution in [3.05, 3.63) is 47.7 Å². The molecule has 2 rings (SSSR count). The van der Waals surface area contributed by atoms with E-state index in [1.54, 1.807) is 0 Å². The predicted molar refractivity (Wildman–Crippen MR) is 61.1 cm³/mol. The lowest BCUT2D eigenvalue weighted by Gasteiger charge is -2.02. The van der Waals surface area contributed by atoms with Crippen LogP contribution in [0.1, 0.15) is 21.8 Å². The van der Waals surface area contributed by atoms with E-state index in [1.165, 1.54) is 18.2 Å². The highest BCUT2D eigenvalue weighted by atomic mass is 32.2. The number of hydrogen-bond acceptors (Lipinski definition) is 5. The highest BCUT2D eigenvalue weighted by Crippen LogP contribution is 2.18. The van der Waals surface area contributed by atoms with Gasteiger partial charge in [-0.2, -0.15) is 0 Å². The van der Waals surface area contributed by atoms with Gasteiger partial charge < -0.3 is 4.42 Å². The second-order valence-corrected chi connectivity index (χ2v) is 4.17. The molecule has 1 aromatic carbocycles. The van der Waals surface area contributed by atoms with Crippen LogP contribution in [0.3, 0.4) is 0 Å². The standard InChI is InChI=1S/C11H10N2O2S/c1-8-4-2-3-5-9(8)11(14)16-6-10-13-12-7-15-10/h2-5,7H,6H2,1H3. The molecule has 2 aromatic rings. The van der Waals surface area contributed by atoms with Crippen LogP contribution in [0.25, 0.3) is 0 Å². The van der Waals surface area contributed by atoms with Gasteiger partial charge in [0, 0.05) is 5.56 Å². The summed E-state index contributed by atoms with van der Waals surface area (Å²) in [5.74, 6) is 0.875. The molecule has 4 nitrogen and oxygen atoms in total. The first-order valence-corrected chi connectivity index (χ1v) is 5.74. The van der Waals surface area contributed by atoms with Crippen LogP contribution >= 0.6 is 11.8 Å². The molecule has 0 unspecified atom stereocenters. The van der Waals surface area contributed by atoms with Gasteiger partial charge in [0.05, 0.1) is 5.75 Å². The van der Waals surface area contributed by atoms with Crippen LogP contribution < -0.4 is 0 Å². The number of nitrogens with zero attached hydrogens (tertiary/aromatic N) is 2. The van der Waals surface area contributed by atoms with Crippen LogP contribution in [0.2, 0.25) is 0 Å². The van der Waals surface area contributed by atoms with E-state index in [-0.39, 0.29) is 5.12 Å². The molecule has 0 radical (unpaired) electrons. The molecule has 1 aromatic heterocycles. The fraction of sp³-hybridized carbons (Fsp3) is 0.182. The smallest absolute Gasteiger partial charge is 0.226 e. The summed E-state index contributed by atoms with van der Waals surface area (Å²) in [7, 11) is 0. The van der Waals surface area contributed by atoms with Crippen LogP contribution in [0.15, 0.2) is 35.1 Å². The molecule has 16 heavy (non-hydrogen) atoms. The van der Waals surface area contributed by atoms with Crippen LogP contribution in [-0.2, 0) is 5.75 Å². The van der Waals surface area contributed by atoms with Crippen molar-refractivity contribution in [3.8, 4) is 0 Å². The molecule has 0 saturated carbocycles. The van der Waals surface area contributed by atoms with Gasteiger partial charge in [-0.15, -0.1) is 10.2 Å². The summed E-state index contributed by atoms with van der Waals surface area (Å²) in [6.07, 6.45) is 1.26. The Bertz CT molecular complexity index is 482. The largest absolute Gasteiger partial charge is 0.427 e. The fourth-order valence-corrected chi connectivity index (χ4v) is 2.03. The third-order valence-corrected chi connectivity index (χ3v) is 2.97. The third kappa shape index (κ3) is 2.49. The quantitative estimate of drug-likeness (QED) is 0.816. The Labute approximate surface area is 97.1 Å². The Balaban J connectivity index is 2.01. The van der Waals surface area contributed by atoms with Crippen molar-refractivity contribution in [1.29, 1.82) is 0 Å². The molecule has 82 valence electrons. The molecule has 0 aliphatic heterocycles. The monoisotopic (exact) mass is 234 g/mol. The van der Waals surface area contributed by atoms with Gasteiger partial charge in [-0.05, 0) is 12.5 Å². The molecule has 0 bridgehead atoms. The summed E-state index contributed by atoms with van der Waals surface area (Å²) in [6.45, 7) is 1.92. The fourth-order valence-electron chi connectivity index (χ4n) is 1.27. The molecule has 1 heterocycles. The highest BCUT2D eigenvalue weighted by molar-refractivity contribution is 8.13. The summed E-state index contributed by atoms with van der Waals surface area (Å²) in [5.41, 5.74) is 1.71. The molecule has 0 aliphatic rings. The van der Waals surface area contributed by atoms with Crippen molar-refractivity contribution in [2.75, 3.05) is 0 Å². The maximum absolute atomic E-state index is 11.8. The zero-order valence-corrected chi connectivity index (χ0v) is 9.53. The lowest BCUT2D eigenvalue weighted by Crippen LogP contribution is -1.97. The molecular weight excluding hydrogens is 224 g/mol. The Morgan fingerprint density at radius 3 is 2.94 bits per heavy atom. The number of carbonyl (C=O) groups is 1. The maximum Gasteiger partial charge on any atom is 0.226 e. The van der Waals surface area contributed by atoms with E-state index >= 15 is 0 Å². The molecule has 0 N–H and O–H groups in total. The molecule has 0 atom stereocenters. The van der Waals surface area contributed by atoms with Gasteiger partial charge in [-0.1, -0.05) is 36.0 Å².